The smallest absolute Gasteiger partial charge is 0.236 e. The van der Waals surface area contributed by atoms with E-state index in [2.05, 4.69) is 0 Å². The Balaban J connectivity index is 0.938. The number of amides is 4. The van der Waals surface area contributed by atoms with E-state index >= 15 is 0 Å². The molecule has 4 N–H and O–H groups in total. The predicted molar refractivity (Wildman–Crippen MR) is 203 cm³/mol. The average molecular weight is 864 g/mol. The molecule has 20 heteroatoms. The summed E-state index contributed by atoms with van der Waals surface area (Å²) in [6, 6.07) is 3.96. The zero-order chi connectivity index (χ0) is 44.1. The van der Waals surface area contributed by atoms with Crippen LogP contribution in [-0.4, -0.2) is 159 Å². The van der Waals surface area contributed by atoms with Crippen LogP contribution in [0.3, 0.4) is 0 Å². The Morgan fingerprint density at radius 3 is 2.37 bits per heavy atom. The Kier molecular flexibility index (Phi) is 10.6. The number of ketones is 3. The van der Waals surface area contributed by atoms with Crippen LogP contribution in [0.25, 0.3) is 0 Å². The van der Waals surface area contributed by atoms with Crippen LogP contribution in [0, 0.1) is 11.8 Å². The maximum absolute atomic E-state index is 14.1. The average Bonchev–Trinajstić information content (AvgIpc) is 3.85. The van der Waals surface area contributed by atoms with Crippen molar-refractivity contribution in [1.82, 2.24) is 14.7 Å². The number of morpholine rings is 1. The molecule has 0 spiro atoms. The minimum atomic E-state index is -2.32. The summed E-state index contributed by atoms with van der Waals surface area (Å²) in [4.78, 5) is 95.7. The fraction of sp³-hybridized carbons (Fsp3) is 0.548. The number of hydrogen-bond acceptors (Lipinski definition) is 18. The summed E-state index contributed by atoms with van der Waals surface area (Å²) >= 11 is 0. The van der Waals surface area contributed by atoms with Gasteiger partial charge in [-0.25, -0.2) is 0 Å². The number of phenols is 2. The SMILES string of the molecule is COc1cccc2c1C(=O)c1c(O)c3c(c(O)c1C2=O)C[C@@](O)(C(=O)CO)C[C@@H]3O[C@H]1C[C@H]2[C@H](O[C@@H]3C(OCC4CC(=O)N(CN5C(=O)CC(C)C5=O)C4=O)OCCN32)[C@H](C)O1. The van der Waals surface area contributed by atoms with Gasteiger partial charge in [-0.05, 0) is 13.0 Å². The molecule has 0 bridgehead atoms. The van der Waals surface area contributed by atoms with Crippen LogP contribution in [-0.2, 0) is 54.1 Å². The van der Waals surface area contributed by atoms with E-state index in [0.717, 1.165) is 9.80 Å². The number of methoxy groups -OCH3 is 1. The maximum atomic E-state index is 14.1. The molecular formula is C42H45N3O17. The number of rotatable bonds is 10. The van der Waals surface area contributed by atoms with Gasteiger partial charge in [0.15, 0.2) is 30.4 Å². The van der Waals surface area contributed by atoms with E-state index in [0.29, 0.717) is 6.54 Å². The summed E-state index contributed by atoms with van der Waals surface area (Å²) in [7, 11) is 1.32. The molecule has 2 aliphatic carbocycles. The molecule has 2 aromatic rings. The minimum absolute atomic E-state index is 0.00773. The lowest BCUT2D eigenvalue weighted by molar-refractivity contribution is -0.263. The number of aliphatic hydroxyl groups excluding tert-OH is 1. The first-order valence-electron chi connectivity index (χ1n) is 20.4. The number of benzene rings is 2. The Morgan fingerprint density at radius 2 is 1.66 bits per heavy atom. The van der Waals surface area contributed by atoms with E-state index in [4.69, 9.17) is 28.4 Å². The number of ether oxygens (including phenoxy) is 6. The first-order valence-corrected chi connectivity index (χ1v) is 20.4. The summed E-state index contributed by atoms with van der Waals surface area (Å²) in [5.41, 5.74) is -3.88. The molecule has 5 fully saturated rings. The molecule has 9 rings (SSSR count). The van der Waals surface area contributed by atoms with Crippen molar-refractivity contribution in [2.24, 2.45) is 11.8 Å². The highest BCUT2D eigenvalue weighted by molar-refractivity contribution is 6.31. The van der Waals surface area contributed by atoms with Crippen molar-refractivity contribution in [3.63, 3.8) is 0 Å². The zero-order valence-corrected chi connectivity index (χ0v) is 33.9. The van der Waals surface area contributed by atoms with E-state index in [1.807, 2.05) is 4.90 Å². The summed E-state index contributed by atoms with van der Waals surface area (Å²) in [6.45, 7) is 2.20. The van der Waals surface area contributed by atoms with Crippen LogP contribution < -0.4 is 4.74 Å². The number of carbonyl (C=O) groups excluding carboxylic acids is 7. The van der Waals surface area contributed by atoms with Crippen molar-refractivity contribution in [3.05, 3.63) is 51.6 Å². The number of carbonyl (C=O) groups is 7. The van der Waals surface area contributed by atoms with E-state index in [9.17, 15) is 54.0 Å². The lowest BCUT2D eigenvalue weighted by atomic mass is 9.72. The van der Waals surface area contributed by atoms with E-state index < -0.39 is 144 Å². The van der Waals surface area contributed by atoms with Gasteiger partial charge in [-0.3, -0.25) is 48.3 Å². The minimum Gasteiger partial charge on any atom is -0.507 e. The topological polar surface area (TPSA) is 266 Å². The summed E-state index contributed by atoms with van der Waals surface area (Å²) < 4.78 is 36.6. The molecule has 5 heterocycles. The molecule has 5 saturated heterocycles. The van der Waals surface area contributed by atoms with Crippen molar-refractivity contribution >= 4 is 41.0 Å². The van der Waals surface area contributed by atoms with Crippen LogP contribution in [0.2, 0.25) is 0 Å². The lowest BCUT2D eigenvalue weighted by Crippen LogP contribution is -2.55. The molecule has 0 saturated carbocycles. The highest BCUT2D eigenvalue weighted by Crippen LogP contribution is 2.53. The summed E-state index contributed by atoms with van der Waals surface area (Å²) in [6.07, 6.45) is -6.69. The number of Topliss-reactive ketones (excluding diaryl/α,β-unsaturated/α-hetero) is 1. The van der Waals surface area contributed by atoms with Gasteiger partial charge in [0.25, 0.3) is 0 Å². The van der Waals surface area contributed by atoms with Gasteiger partial charge in [0.2, 0.25) is 29.4 Å². The van der Waals surface area contributed by atoms with E-state index in [1.165, 1.54) is 25.3 Å². The third-order valence-electron chi connectivity index (χ3n) is 13.2. The van der Waals surface area contributed by atoms with Gasteiger partial charge in [0.05, 0.1) is 55.1 Å². The van der Waals surface area contributed by atoms with Crippen molar-refractivity contribution in [3.8, 4) is 17.2 Å². The quantitative estimate of drug-likeness (QED) is 0.152. The first kappa shape index (κ1) is 42.1. The van der Waals surface area contributed by atoms with Crippen LogP contribution in [0.5, 0.6) is 17.2 Å². The van der Waals surface area contributed by atoms with Crippen LogP contribution in [0.4, 0.5) is 0 Å². The van der Waals surface area contributed by atoms with Gasteiger partial charge in [0, 0.05) is 67.3 Å². The molecule has 0 aromatic heterocycles. The number of aromatic hydroxyl groups is 2. The third kappa shape index (κ3) is 6.54. The maximum Gasteiger partial charge on any atom is 0.236 e. The molecule has 20 nitrogen and oxygen atoms in total. The molecule has 4 amide bonds. The molecular weight excluding hydrogens is 818 g/mol. The Bertz CT molecular complexity index is 2320. The second-order valence-corrected chi connectivity index (χ2v) is 16.8. The molecule has 0 radical (unpaired) electrons. The number of aliphatic hydroxyl groups is 2. The molecule has 3 unspecified atom stereocenters. The third-order valence-corrected chi connectivity index (χ3v) is 13.2. The number of fused-ring (bicyclic) bond motifs is 6. The second kappa shape index (κ2) is 15.6. The Labute approximate surface area is 353 Å². The largest absolute Gasteiger partial charge is 0.507 e. The number of phenolic OH excluding ortho intramolecular Hbond substituents is 2. The van der Waals surface area contributed by atoms with Gasteiger partial charge >= 0.3 is 0 Å². The predicted octanol–water partition coefficient (Wildman–Crippen LogP) is -0.191. The Hall–Kier alpha value is -5.19. The first-order chi connectivity index (χ1) is 29.6. The molecule has 5 aliphatic heterocycles. The van der Waals surface area contributed by atoms with E-state index in [1.54, 1.807) is 13.8 Å². The van der Waals surface area contributed by atoms with Crippen LogP contribution in [0.1, 0.15) is 88.6 Å². The van der Waals surface area contributed by atoms with Gasteiger partial charge < -0.3 is 48.8 Å². The molecule has 2 aromatic carbocycles. The van der Waals surface area contributed by atoms with Crippen molar-refractivity contribution in [1.29, 1.82) is 0 Å². The van der Waals surface area contributed by atoms with Gasteiger partial charge in [0.1, 0.15) is 42.2 Å². The lowest BCUT2D eigenvalue weighted by Gasteiger charge is -2.43. The van der Waals surface area contributed by atoms with Crippen LogP contribution >= 0.6 is 0 Å². The van der Waals surface area contributed by atoms with Gasteiger partial charge in [-0.15, -0.1) is 0 Å². The summed E-state index contributed by atoms with van der Waals surface area (Å²) in [5.74, 6) is -7.40. The molecule has 62 heavy (non-hydrogen) atoms. The normalized spacial score (nSPS) is 33.1. The van der Waals surface area contributed by atoms with Crippen molar-refractivity contribution in [2.75, 3.05) is 40.1 Å². The summed E-state index contributed by atoms with van der Waals surface area (Å²) in [5, 5.41) is 45.2. The van der Waals surface area contributed by atoms with Gasteiger partial charge in [-0.2, -0.15) is 0 Å². The van der Waals surface area contributed by atoms with Crippen molar-refractivity contribution in [2.45, 2.75) is 94.7 Å². The standard InChI is InChI=1S/C42H45N3O17/c1-17-9-26(48)44(38(17)54)16-45-27(49)10-19(39(45)55)15-59-41-40-43(7-8-58-41)22-11-28(60-18(2)37(22)62-40)61-24-13-42(56,25(47)14-46)12-21-30(24)36(53)32-31(34(21)51)33(50)20-5-4-6-23(57-3)29(20)35(32)52/h4-6,17-19,22,24,28,37,40-41,46,51,53,56H,7-16H2,1-3H3/t17?,18-,19?,22-,24-,28-,37+,40+,41?,42-/m0/s1. The monoisotopic (exact) mass is 863 g/mol. The second-order valence-electron chi connectivity index (χ2n) is 16.8. The highest BCUT2D eigenvalue weighted by Gasteiger charge is 2.56. The molecule has 10 atom stereocenters. The van der Waals surface area contributed by atoms with E-state index in [-0.39, 0.29) is 66.5 Å². The number of likely N-dealkylation sites (tertiary alicyclic amines) is 2. The highest BCUT2D eigenvalue weighted by atomic mass is 16.7. The van der Waals surface area contributed by atoms with Crippen molar-refractivity contribution < 1.29 is 82.4 Å². The van der Waals surface area contributed by atoms with Crippen LogP contribution in [0.15, 0.2) is 18.2 Å². The fourth-order valence-electron chi connectivity index (χ4n) is 10.0. The number of imide groups is 2. The molecule has 330 valence electrons. The number of nitrogens with zero attached hydrogens (tertiary/aromatic N) is 3. The Morgan fingerprint density at radius 1 is 0.935 bits per heavy atom. The number of hydrogen-bond donors (Lipinski definition) is 4. The fourth-order valence-corrected chi connectivity index (χ4v) is 10.0. The molecule has 7 aliphatic rings. The zero-order valence-electron chi connectivity index (χ0n) is 33.9. The van der Waals surface area contributed by atoms with Gasteiger partial charge in [-0.1, -0.05) is 19.1 Å².